The largest absolute Gasteiger partial charge is 0.393 e. The third kappa shape index (κ3) is 7.18. The summed E-state index contributed by atoms with van der Waals surface area (Å²) in [5.41, 5.74) is 3.10. The predicted molar refractivity (Wildman–Crippen MR) is 142 cm³/mol. The van der Waals surface area contributed by atoms with Crippen LogP contribution < -0.4 is 5.32 Å². The van der Waals surface area contributed by atoms with Gasteiger partial charge < -0.3 is 20.6 Å². The molecule has 5 nitrogen and oxygen atoms in total. The van der Waals surface area contributed by atoms with Crippen molar-refractivity contribution in [1.82, 2.24) is 5.32 Å². The van der Waals surface area contributed by atoms with Crippen LogP contribution in [-0.2, 0) is 17.6 Å². The summed E-state index contributed by atoms with van der Waals surface area (Å²) in [6.07, 6.45) is 7.20. The molecule has 1 fully saturated rings. The minimum atomic E-state index is -0.665. The van der Waals surface area contributed by atoms with Crippen LogP contribution in [0.4, 0.5) is 0 Å². The molecule has 2 aromatic carbocycles. The highest BCUT2D eigenvalue weighted by Gasteiger charge is 2.35. The Labute approximate surface area is 216 Å². The van der Waals surface area contributed by atoms with E-state index in [-0.39, 0.29) is 11.8 Å². The van der Waals surface area contributed by atoms with Crippen LogP contribution in [-0.4, -0.2) is 39.5 Å². The number of amides is 1. The van der Waals surface area contributed by atoms with Gasteiger partial charge in [-0.25, -0.2) is 0 Å². The maximum absolute atomic E-state index is 13.6. The highest BCUT2D eigenvalue weighted by Crippen LogP contribution is 2.35. The highest BCUT2D eigenvalue weighted by molar-refractivity contribution is 5.79. The van der Waals surface area contributed by atoms with Gasteiger partial charge in [-0.1, -0.05) is 86.7 Å². The molecule has 0 saturated heterocycles. The fourth-order valence-electron chi connectivity index (χ4n) is 6.38. The summed E-state index contributed by atoms with van der Waals surface area (Å²) in [5, 5.41) is 35.4. The number of benzene rings is 2. The first kappa shape index (κ1) is 26.8. The Morgan fingerprint density at radius 2 is 1.67 bits per heavy atom. The van der Waals surface area contributed by atoms with Gasteiger partial charge in [0.25, 0.3) is 0 Å². The molecule has 0 aromatic heterocycles. The van der Waals surface area contributed by atoms with Crippen molar-refractivity contribution in [2.24, 2.45) is 17.8 Å². The second-order valence-corrected chi connectivity index (χ2v) is 11.2. The Kier molecular flexibility index (Phi) is 9.58. The lowest BCUT2D eigenvalue weighted by Gasteiger charge is -2.32. The van der Waals surface area contributed by atoms with Crippen LogP contribution in [0.25, 0.3) is 0 Å². The summed E-state index contributed by atoms with van der Waals surface area (Å²) in [6.45, 7) is 1.79. The molecule has 0 heterocycles. The van der Waals surface area contributed by atoms with Crippen LogP contribution in [0.2, 0.25) is 0 Å². The lowest BCUT2D eigenvalue weighted by molar-refractivity contribution is -0.128. The molecule has 5 heteroatoms. The second kappa shape index (κ2) is 12.8. The number of hydrogen-bond donors (Lipinski definition) is 4. The summed E-state index contributed by atoms with van der Waals surface area (Å²) in [5.74, 6) is -0.00186. The first-order valence-corrected chi connectivity index (χ1v) is 13.9. The molecule has 0 aliphatic heterocycles. The third-order valence-electron chi connectivity index (χ3n) is 8.27. The van der Waals surface area contributed by atoms with E-state index in [0.717, 1.165) is 23.1 Å². The fourth-order valence-corrected chi connectivity index (χ4v) is 6.38. The quantitative estimate of drug-likeness (QED) is 0.364. The van der Waals surface area contributed by atoms with Crippen molar-refractivity contribution in [2.45, 2.75) is 95.5 Å². The van der Waals surface area contributed by atoms with E-state index in [0.29, 0.717) is 31.6 Å². The van der Waals surface area contributed by atoms with Crippen molar-refractivity contribution >= 4 is 5.91 Å². The van der Waals surface area contributed by atoms with Crippen LogP contribution in [0, 0.1) is 17.8 Å². The number of aliphatic hydroxyl groups excluding tert-OH is 3. The molecule has 4 rings (SSSR count). The Morgan fingerprint density at radius 3 is 2.39 bits per heavy atom. The van der Waals surface area contributed by atoms with Crippen LogP contribution in [0.1, 0.15) is 81.0 Å². The third-order valence-corrected chi connectivity index (χ3v) is 8.27. The Hall–Kier alpha value is -2.21. The molecule has 0 bridgehead atoms. The maximum Gasteiger partial charge on any atom is 0.224 e. The summed E-state index contributed by atoms with van der Waals surface area (Å²) in [4.78, 5) is 13.6. The van der Waals surface area contributed by atoms with Crippen LogP contribution in [0.15, 0.2) is 54.6 Å². The number of fused-ring (bicyclic) bond motifs is 1. The van der Waals surface area contributed by atoms with E-state index in [2.05, 4.69) is 5.32 Å². The van der Waals surface area contributed by atoms with Gasteiger partial charge in [0.05, 0.1) is 24.4 Å². The first-order valence-electron chi connectivity index (χ1n) is 13.9. The molecule has 6 atom stereocenters. The van der Waals surface area contributed by atoms with Gasteiger partial charge in [-0.3, -0.25) is 4.79 Å². The highest BCUT2D eigenvalue weighted by atomic mass is 16.3. The van der Waals surface area contributed by atoms with E-state index in [1.54, 1.807) is 6.92 Å². The predicted octanol–water partition coefficient (Wildman–Crippen LogP) is 4.73. The van der Waals surface area contributed by atoms with E-state index in [1.165, 1.54) is 32.1 Å². The molecule has 196 valence electrons. The zero-order valence-electron chi connectivity index (χ0n) is 21.6. The van der Waals surface area contributed by atoms with Gasteiger partial charge in [-0.2, -0.15) is 0 Å². The zero-order valence-corrected chi connectivity index (χ0v) is 21.6. The summed E-state index contributed by atoms with van der Waals surface area (Å²) in [7, 11) is 0. The molecular weight excluding hydrogens is 450 g/mol. The molecule has 4 N–H and O–H groups in total. The summed E-state index contributed by atoms with van der Waals surface area (Å²) < 4.78 is 0. The van der Waals surface area contributed by atoms with Crippen LogP contribution >= 0.6 is 0 Å². The lowest BCUT2D eigenvalue weighted by Crippen LogP contribution is -2.40. The van der Waals surface area contributed by atoms with E-state index >= 15 is 0 Å². The summed E-state index contributed by atoms with van der Waals surface area (Å²) >= 11 is 0. The van der Waals surface area contributed by atoms with E-state index in [1.807, 2.05) is 54.6 Å². The zero-order chi connectivity index (χ0) is 25.5. The minimum absolute atomic E-state index is 0.0306. The van der Waals surface area contributed by atoms with Crippen molar-refractivity contribution in [1.29, 1.82) is 0 Å². The molecule has 2 aromatic rings. The van der Waals surface area contributed by atoms with Crippen molar-refractivity contribution in [3.05, 3.63) is 71.3 Å². The molecule has 1 amide bonds. The second-order valence-electron chi connectivity index (χ2n) is 11.2. The van der Waals surface area contributed by atoms with Crippen molar-refractivity contribution in [2.75, 3.05) is 0 Å². The molecular formula is C31H43NO4. The van der Waals surface area contributed by atoms with Gasteiger partial charge >= 0.3 is 0 Å². The number of aliphatic hydroxyl groups is 3. The topological polar surface area (TPSA) is 89.8 Å². The number of rotatable bonds is 11. The minimum Gasteiger partial charge on any atom is -0.393 e. The average Bonchev–Trinajstić information content (AvgIpc) is 3.19. The first-order chi connectivity index (χ1) is 17.4. The number of hydrogen-bond acceptors (Lipinski definition) is 4. The molecule has 36 heavy (non-hydrogen) atoms. The van der Waals surface area contributed by atoms with Crippen LogP contribution in [0.3, 0.4) is 0 Å². The van der Waals surface area contributed by atoms with E-state index in [9.17, 15) is 20.1 Å². The monoisotopic (exact) mass is 493 g/mol. The Bertz CT molecular complexity index is 956. The number of carbonyl (C=O) groups excluding carboxylic acids is 1. The van der Waals surface area contributed by atoms with Gasteiger partial charge in [-0.05, 0) is 61.1 Å². The fraction of sp³-hybridized carbons (Fsp3) is 0.581. The van der Waals surface area contributed by atoms with Gasteiger partial charge in [0.2, 0.25) is 5.91 Å². The van der Waals surface area contributed by atoms with Gasteiger partial charge in [-0.15, -0.1) is 0 Å². The number of nitrogens with one attached hydrogen (secondary N) is 1. The molecule has 1 saturated carbocycles. The van der Waals surface area contributed by atoms with E-state index in [4.69, 9.17) is 0 Å². The Balaban J connectivity index is 1.49. The van der Waals surface area contributed by atoms with Gasteiger partial charge in [0.1, 0.15) is 0 Å². The average molecular weight is 494 g/mol. The lowest BCUT2D eigenvalue weighted by atomic mass is 9.77. The smallest absolute Gasteiger partial charge is 0.224 e. The van der Waals surface area contributed by atoms with Crippen molar-refractivity contribution in [3.8, 4) is 0 Å². The molecule has 0 spiro atoms. The Morgan fingerprint density at radius 1 is 0.972 bits per heavy atom. The summed E-state index contributed by atoms with van der Waals surface area (Å²) in [6, 6.07) is 17.4. The van der Waals surface area contributed by atoms with E-state index < -0.39 is 30.3 Å². The molecule has 0 radical (unpaired) electrons. The van der Waals surface area contributed by atoms with Crippen molar-refractivity contribution < 1.29 is 20.1 Å². The standard InChI is InChI=1S/C31H43NO4/c1-21(33)16-25(17-22-10-4-2-5-11-22)28(34)20-26(18-23-12-6-3-7-13-23)31(36)32-30-27-15-9-8-14-24(27)19-29(30)35/h3,6-9,12-15,21-22,25-26,28-30,33-35H,2,4-5,10-11,16-20H2,1H3,(H,32,36)/t21?,25-,26+,28-,29+,30-/m0/s1. The molecule has 2 aliphatic carbocycles. The normalized spacial score (nSPS) is 23.4. The van der Waals surface area contributed by atoms with Gasteiger partial charge in [0.15, 0.2) is 0 Å². The van der Waals surface area contributed by atoms with Crippen LogP contribution in [0.5, 0.6) is 0 Å². The number of carbonyl (C=O) groups is 1. The molecule has 2 aliphatic rings. The van der Waals surface area contributed by atoms with Gasteiger partial charge in [0, 0.05) is 12.3 Å². The molecule has 1 unspecified atom stereocenters. The SMILES string of the molecule is CC(O)C[C@@H](CC1CCCCC1)[C@@H](O)C[C@@H](Cc1ccccc1)C(=O)N[C@H]1c2ccccc2C[C@H]1O. The maximum atomic E-state index is 13.6. The van der Waals surface area contributed by atoms with Crippen molar-refractivity contribution in [3.63, 3.8) is 0 Å².